The van der Waals surface area contributed by atoms with Crippen LogP contribution in [0.4, 0.5) is 22.9 Å². The Hall–Kier alpha value is -2.37. The zero-order chi connectivity index (χ0) is 19.5. The molecule has 5 heteroatoms. The van der Waals surface area contributed by atoms with E-state index < -0.39 is 0 Å². The highest BCUT2D eigenvalue weighted by Gasteiger charge is 2.26. The Kier molecular flexibility index (Phi) is 5.64. The van der Waals surface area contributed by atoms with Gasteiger partial charge in [0, 0.05) is 28.6 Å². The number of nitrogens with zero attached hydrogens (tertiary/aromatic N) is 4. The van der Waals surface area contributed by atoms with E-state index in [4.69, 9.17) is 4.98 Å². The van der Waals surface area contributed by atoms with Gasteiger partial charge < -0.3 is 14.7 Å². The lowest BCUT2D eigenvalue weighted by molar-refractivity contribution is 0.402. The van der Waals surface area contributed by atoms with Crippen LogP contribution in [-0.4, -0.2) is 37.1 Å². The monoisotopic (exact) mass is 436 g/mol. The maximum atomic E-state index is 4.82. The highest BCUT2D eigenvalue weighted by molar-refractivity contribution is 9.10. The number of para-hydroxylation sites is 1. The lowest BCUT2D eigenvalue weighted by Gasteiger charge is -2.27. The Balaban J connectivity index is 1.83. The molecule has 0 radical (unpaired) electrons. The van der Waals surface area contributed by atoms with Gasteiger partial charge >= 0.3 is 0 Å². The molecule has 4 rings (SSSR count). The number of benzene rings is 2. The molecule has 0 atom stereocenters. The van der Waals surface area contributed by atoms with Gasteiger partial charge in [-0.1, -0.05) is 40.2 Å². The third-order valence-electron chi connectivity index (χ3n) is 5.03. The molecule has 0 aliphatic carbocycles. The van der Waals surface area contributed by atoms with Crippen LogP contribution in [0.1, 0.15) is 12.0 Å². The van der Waals surface area contributed by atoms with E-state index in [0.717, 1.165) is 42.0 Å². The Morgan fingerprint density at radius 3 is 2.61 bits per heavy atom. The summed E-state index contributed by atoms with van der Waals surface area (Å²) in [5.74, 6) is 1.02. The van der Waals surface area contributed by atoms with Gasteiger partial charge in [-0.15, -0.1) is 0 Å². The van der Waals surface area contributed by atoms with Crippen molar-refractivity contribution in [2.24, 2.45) is 0 Å². The predicted octanol–water partition coefficient (Wildman–Crippen LogP) is 5.59. The van der Waals surface area contributed by atoms with Crippen LogP contribution in [0, 0.1) is 0 Å². The Bertz CT molecular complexity index is 942. The SMILES string of the molecule is CN(C)CCCN1c2cc(Br)ccc2CN(c2ccccc2)c2cccnc21. The number of hydrogen-bond donors (Lipinski definition) is 0. The second kappa shape index (κ2) is 8.33. The molecule has 0 bridgehead atoms. The molecule has 4 nitrogen and oxygen atoms in total. The van der Waals surface area contributed by atoms with Crippen LogP contribution in [0.25, 0.3) is 0 Å². The molecule has 0 N–H and O–H groups in total. The molecule has 1 aliphatic rings. The fourth-order valence-electron chi connectivity index (χ4n) is 3.71. The molecule has 2 heterocycles. The topological polar surface area (TPSA) is 22.6 Å². The van der Waals surface area contributed by atoms with E-state index in [9.17, 15) is 0 Å². The van der Waals surface area contributed by atoms with Crippen molar-refractivity contribution in [3.8, 4) is 0 Å². The second-order valence-corrected chi connectivity index (χ2v) is 8.27. The van der Waals surface area contributed by atoms with E-state index in [1.165, 1.54) is 16.9 Å². The maximum Gasteiger partial charge on any atom is 0.157 e. The largest absolute Gasteiger partial charge is 0.334 e. The fourth-order valence-corrected chi connectivity index (χ4v) is 4.06. The first kappa shape index (κ1) is 19.0. The molecule has 2 aromatic carbocycles. The normalized spacial score (nSPS) is 13.3. The third kappa shape index (κ3) is 3.91. The first-order chi connectivity index (χ1) is 13.6. The van der Waals surface area contributed by atoms with Crippen LogP contribution >= 0.6 is 15.9 Å². The third-order valence-corrected chi connectivity index (χ3v) is 5.53. The van der Waals surface area contributed by atoms with Gasteiger partial charge in [-0.2, -0.15) is 0 Å². The zero-order valence-electron chi connectivity index (χ0n) is 16.3. The molecule has 0 fully saturated rings. The Morgan fingerprint density at radius 1 is 1.00 bits per heavy atom. The molecule has 3 aromatic rings. The predicted molar refractivity (Wildman–Crippen MR) is 121 cm³/mol. The number of halogens is 1. The summed E-state index contributed by atoms with van der Waals surface area (Å²) < 4.78 is 1.09. The van der Waals surface area contributed by atoms with Crippen molar-refractivity contribution in [2.75, 3.05) is 37.0 Å². The van der Waals surface area contributed by atoms with Crippen LogP contribution in [0.15, 0.2) is 71.3 Å². The summed E-state index contributed by atoms with van der Waals surface area (Å²) in [6.07, 6.45) is 2.96. The smallest absolute Gasteiger partial charge is 0.157 e. The number of hydrogen-bond acceptors (Lipinski definition) is 4. The number of anilines is 4. The molecule has 28 heavy (non-hydrogen) atoms. The van der Waals surface area contributed by atoms with Gasteiger partial charge in [0.15, 0.2) is 5.82 Å². The number of pyridine rings is 1. The van der Waals surface area contributed by atoms with Gasteiger partial charge in [0.1, 0.15) is 0 Å². The van der Waals surface area contributed by atoms with Gasteiger partial charge in [0.05, 0.1) is 12.2 Å². The van der Waals surface area contributed by atoms with E-state index >= 15 is 0 Å². The summed E-state index contributed by atoms with van der Waals surface area (Å²) in [5.41, 5.74) is 4.85. The van der Waals surface area contributed by atoms with E-state index in [1.54, 1.807) is 0 Å². The molecule has 144 valence electrons. The van der Waals surface area contributed by atoms with Gasteiger partial charge in [-0.25, -0.2) is 4.98 Å². The molecule has 1 aliphatic heterocycles. The van der Waals surface area contributed by atoms with Crippen molar-refractivity contribution >= 4 is 38.8 Å². The molecular formula is C23H25BrN4. The average molecular weight is 437 g/mol. The number of rotatable bonds is 5. The van der Waals surface area contributed by atoms with Crippen molar-refractivity contribution in [3.05, 3.63) is 76.9 Å². The summed E-state index contributed by atoms with van der Waals surface area (Å²) >= 11 is 3.67. The summed E-state index contributed by atoms with van der Waals surface area (Å²) in [4.78, 5) is 11.8. The Labute approximate surface area is 175 Å². The average Bonchev–Trinajstić information content (AvgIpc) is 2.84. The molecule has 0 saturated heterocycles. The van der Waals surface area contributed by atoms with Gasteiger partial charge in [0.2, 0.25) is 0 Å². The van der Waals surface area contributed by atoms with Crippen molar-refractivity contribution < 1.29 is 0 Å². The minimum atomic E-state index is 0.815. The maximum absolute atomic E-state index is 4.82. The summed E-state index contributed by atoms with van der Waals surface area (Å²) in [6, 6.07) is 21.3. The standard InChI is InChI=1S/C23H25BrN4/c1-26(2)14-7-15-27-22-16-19(24)12-11-18(22)17-28(20-8-4-3-5-9-20)21-10-6-13-25-23(21)27/h3-6,8-13,16H,7,14-15,17H2,1-2H3. The zero-order valence-corrected chi connectivity index (χ0v) is 17.9. The van der Waals surface area contributed by atoms with E-state index in [-0.39, 0.29) is 0 Å². The Morgan fingerprint density at radius 2 is 1.82 bits per heavy atom. The minimum Gasteiger partial charge on any atom is -0.334 e. The summed E-state index contributed by atoms with van der Waals surface area (Å²) in [5, 5.41) is 0. The van der Waals surface area contributed by atoms with Crippen molar-refractivity contribution in [1.29, 1.82) is 0 Å². The van der Waals surface area contributed by atoms with Crippen LogP contribution < -0.4 is 9.80 Å². The van der Waals surface area contributed by atoms with Gasteiger partial charge in [0.25, 0.3) is 0 Å². The first-order valence-electron chi connectivity index (χ1n) is 9.62. The number of aromatic nitrogens is 1. The lowest BCUT2D eigenvalue weighted by atomic mass is 10.1. The summed E-state index contributed by atoms with van der Waals surface area (Å²) in [7, 11) is 4.24. The van der Waals surface area contributed by atoms with Crippen molar-refractivity contribution in [2.45, 2.75) is 13.0 Å². The van der Waals surface area contributed by atoms with E-state index in [2.05, 4.69) is 99.3 Å². The molecule has 0 saturated carbocycles. The molecular weight excluding hydrogens is 412 g/mol. The minimum absolute atomic E-state index is 0.815. The fraction of sp³-hybridized carbons (Fsp3) is 0.261. The highest BCUT2D eigenvalue weighted by atomic mass is 79.9. The van der Waals surface area contributed by atoms with Crippen LogP contribution in [0.2, 0.25) is 0 Å². The molecule has 1 aromatic heterocycles. The number of fused-ring (bicyclic) bond motifs is 2. The quantitative estimate of drug-likeness (QED) is 0.519. The van der Waals surface area contributed by atoms with Gasteiger partial charge in [-0.05, 0) is 69.0 Å². The molecule has 0 unspecified atom stereocenters. The molecule has 0 amide bonds. The lowest BCUT2D eigenvalue weighted by Crippen LogP contribution is -2.24. The van der Waals surface area contributed by atoms with E-state index in [1.807, 2.05) is 12.3 Å². The second-order valence-electron chi connectivity index (χ2n) is 7.35. The van der Waals surface area contributed by atoms with Crippen molar-refractivity contribution in [3.63, 3.8) is 0 Å². The van der Waals surface area contributed by atoms with Gasteiger partial charge in [-0.3, -0.25) is 0 Å². The first-order valence-corrected chi connectivity index (χ1v) is 10.4. The van der Waals surface area contributed by atoms with Crippen LogP contribution in [0.5, 0.6) is 0 Å². The summed E-state index contributed by atoms with van der Waals surface area (Å²) in [6.45, 7) is 2.79. The van der Waals surface area contributed by atoms with E-state index in [0.29, 0.717) is 0 Å². The van der Waals surface area contributed by atoms with Crippen LogP contribution in [-0.2, 0) is 6.54 Å². The van der Waals surface area contributed by atoms with Crippen LogP contribution in [0.3, 0.4) is 0 Å². The highest BCUT2D eigenvalue weighted by Crippen LogP contribution is 2.43. The van der Waals surface area contributed by atoms with Crippen molar-refractivity contribution in [1.82, 2.24) is 9.88 Å². The molecule has 0 spiro atoms.